The van der Waals surface area contributed by atoms with E-state index in [1.165, 1.54) is 12.8 Å². The lowest BCUT2D eigenvalue weighted by molar-refractivity contribution is -0.147. The summed E-state index contributed by atoms with van der Waals surface area (Å²) < 4.78 is 4.99. The molecule has 166 valence electrons. The average molecular weight is 435 g/mol. The number of aromatic amines is 1. The number of anilines is 2. The van der Waals surface area contributed by atoms with Crippen LogP contribution < -0.4 is 15.5 Å². The smallest absolute Gasteiger partial charge is 0.308 e. The number of rotatable bonds is 8. The van der Waals surface area contributed by atoms with Crippen molar-refractivity contribution in [2.45, 2.75) is 19.3 Å². The van der Waals surface area contributed by atoms with E-state index in [-0.39, 0.29) is 31.2 Å². The Kier molecular flexibility index (Phi) is 6.64. The number of nitrogens with one attached hydrogen (secondary N) is 3. The summed E-state index contributed by atoms with van der Waals surface area (Å²) in [6, 6.07) is 14.9. The van der Waals surface area contributed by atoms with Crippen LogP contribution in [0.4, 0.5) is 11.4 Å². The normalized spacial score (nSPS) is 13.2. The van der Waals surface area contributed by atoms with Crippen molar-refractivity contribution in [3.8, 4) is 0 Å². The Morgan fingerprint density at radius 1 is 1.03 bits per heavy atom. The second-order valence-electron chi connectivity index (χ2n) is 7.57. The monoisotopic (exact) mass is 435 g/mol. The highest BCUT2D eigenvalue weighted by Crippen LogP contribution is 2.22. The van der Waals surface area contributed by atoms with Gasteiger partial charge in [-0.25, -0.2) is 0 Å². The summed E-state index contributed by atoms with van der Waals surface area (Å²) >= 11 is 0. The molecule has 1 fully saturated rings. The van der Waals surface area contributed by atoms with Gasteiger partial charge in [-0.2, -0.15) is 5.10 Å². The Morgan fingerprint density at radius 3 is 2.56 bits per heavy atom. The van der Waals surface area contributed by atoms with Crippen molar-refractivity contribution in [3.05, 3.63) is 54.2 Å². The molecule has 9 heteroatoms. The molecule has 1 aliphatic heterocycles. The van der Waals surface area contributed by atoms with Gasteiger partial charge < -0.3 is 20.3 Å². The van der Waals surface area contributed by atoms with Gasteiger partial charge in [0.2, 0.25) is 0 Å². The average Bonchev–Trinajstić information content (AvgIpc) is 3.48. The topological polar surface area (TPSA) is 116 Å². The van der Waals surface area contributed by atoms with E-state index in [0.717, 1.165) is 24.3 Å². The van der Waals surface area contributed by atoms with Crippen LogP contribution in [-0.4, -0.2) is 54.2 Å². The number of esters is 1. The molecule has 32 heavy (non-hydrogen) atoms. The molecule has 9 nitrogen and oxygen atoms in total. The van der Waals surface area contributed by atoms with Crippen LogP contribution in [0.25, 0.3) is 10.9 Å². The minimum atomic E-state index is -0.572. The third-order valence-corrected chi connectivity index (χ3v) is 5.29. The number of carbonyl (C=O) groups is 3. The van der Waals surface area contributed by atoms with Crippen LogP contribution in [0.2, 0.25) is 0 Å². The Labute approximate surface area is 185 Å². The van der Waals surface area contributed by atoms with E-state index >= 15 is 0 Å². The van der Waals surface area contributed by atoms with Gasteiger partial charge in [0.15, 0.2) is 12.3 Å². The highest BCUT2D eigenvalue weighted by Gasteiger charge is 2.15. The van der Waals surface area contributed by atoms with Gasteiger partial charge >= 0.3 is 5.97 Å². The Bertz CT molecular complexity index is 1100. The Morgan fingerprint density at radius 2 is 1.78 bits per heavy atom. The summed E-state index contributed by atoms with van der Waals surface area (Å²) in [7, 11) is 0. The minimum Gasteiger partial charge on any atom is -0.456 e. The molecule has 2 aromatic carbocycles. The zero-order chi connectivity index (χ0) is 22.3. The van der Waals surface area contributed by atoms with Gasteiger partial charge in [0.1, 0.15) is 0 Å². The zero-order valence-electron chi connectivity index (χ0n) is 17.6. The number of hydrogen-bond donors (Lipinski definition) is 3. The molecule has 3 N–H and O–H groups in total. The van der Waals surface area contributed by atoms with Crippen LogP contribution in [0.3, 0.4) is 0 Å². The van der Waals surface area contributed by atoms with E-state index < -0.39 is 11.9 Å². The maximum Gasteiger partial charge on any atom is 0.308 e. The summed E-state index contributed by atoms with van der Waals surface area (Å²) in [6.45, 7) is 1.81. The number of hydrogen-bond acceptors (Lipinski definition) is 6. The van der Waals surface area contributed by atoms with Crippen molar-refractivity contribution in [1.82, 2.24) is 15.5 Å². The van der Waals surface area contributed by atoms with Gasteiger partial charge in [-0.05, 0) is 43.2 Å². The SMILES string of the molecule is O=C(COC(=O)CCNC(=O)c1n[nH]c2ccccc12)Nc1ccc(N2CCCC2)cc1. The van der Waals surface area contributed by atoms with Crippen LogP contribution >= 0.6 is 0 Å². The molecule has 1 aromatic heterocycles. The third-order valence-electron chi connectivity index (χ3n) is 5.29. The predicted molar refractivity (Wildman–Crippen MR) is 121 cm³/mol. The van der Waals surface area contributed by atoms with Crippen LogP contribution in [0.5, 0.6) is 0 Å². The van der Waals surface area contributed by atoms with Crippen molar-refractivity contribution in [2.24, 2.45) is 0 Å². The fourth-order valence-electron chi connectivity index (χ4n) is 3.64. The first-order valence-electron chi connectivity index (χ1n) is 10.6. The summed E-state index contributed by atoms with van der Waals surface area (Å²) in [5, 5.41) is 12.9. The number of nitrogens with zero attached hydrogens (tertiary/aromatic N) is 2. The van der Waals surface area contributed by atoms with E-state index in [1.54, 1.807) is 6.07 Å². The minimum absolute atomic E-state index is 0.0497. The summed E-state index contributed by atoms with van der Waals surface area (Å²) in [6.07, 6.45) is 2.35. The van der Waals surface area contributed by atoms with Crippen molar-refractivity contribution < 1.29 is 19.1 Å². The number of para-hydroxylation sites is 1. The van der Waals surface area contributed by atoms with Gasteiger partial charge in [-0.1, -0.05) is 18.2 Å². The van der Waals surface area contributed by atoms with Gasteiger partial charge in [0.25, 0.3) is 11.8 Å². The maximum absolute atomic E-state index is 12.3. The van der Waals surface area contributed by atoms with Crippen LogP contribution in [0.15, 0.2) is 48.5 Å². The number of aromatic nitrogens is 2. The van der Waals surface area contributed by atoms with Gasteiger partial charge in [-0.15, -0.1) is 0 Å². The number of ether oxygens (including phenoxy) is 1. The highest BCUT2D eigenvalue weighted by atomic mass is 16.5. The van der Waals surface area contributed by atoms with Crippen molar-refractivity contribution in [3.63, 3.8) is 0 Å². The number of H-pyrrole nitrogens is 1. The van der Waals surface area contributed by atoms with E-state index in [1.807, 2.05) is 42.5 Å². The molecule has 0 radical (unpaired) electrons. The first-order chi connectivity index (χ1) is 15.6. The molecule has 1 aliphatic rings. The van der Waals surface area contributed by atoms with E-state index in [2.05, 4.69) is 25.7 Å². The molecule has 0 spiro atoms. The summed E-state index contributed by atoms with van der Waals surface area (Å²) in [5.74, 6) is -1.37. The lowest BCUT2D eigenvalue weighted by Gasteiger charge is -2.17. The summed E-state index contributed by atoms with van der Waals surface area (Å²) in [4.78, 5) is 38.5. The third kappa shape index (κ3) is 5.23. The zero-order valence-corrected chi connectivity index (χ0v) is 17.6. The summed E-state index contributed by atoms with van der Waals surface area (Å²) in [5.41, 5.74) is 2.81. The molecule has 0 bridgehead atoms. The number of fused-ring (bicyclic) bond motifs is 1. The molecule has 1 saturated heterocycles. The number of carbonyl (C=O) groups excluding carboxylic acids is 3. The van der Waals surface area contributed by atoms with Gasteiger partial charge in [-0.3, -0.25) is 19.5 Å². The Hall–Kier alpha value is -3.88. The van der Waals surface area contributed by atoms with E-state index in [4.69, 9.17) is 4.74 Å². The highest BCUT2D eigenvalue weighted by molar-refractivity contribution is 6.04. The fourth-order valence-corrected chi connectivity index (χ4v) is 3.64. The molecule has 0 unspecified atom stereocenters. The second kappa shape index (κ2) is 9.95. The predicted octanol–water partition coefficient (Wildman–Crippen LogP) is 2.46. The van der Waals surface area contributed by atoms with Crippen molar-refractivity contribution in [2.75, 3.05) is 36.5 Å². The van der Waals surface area contributed by atoms with Crippen LogP contribution in [0, 0.1) is 0 Å². The molecule has 0 atom stereocenters. The van der Waals surface area contributed by atoms with Crippen molar-refractivity contribution in [1.29, 1.82) is 0 Å². The van der Waals surface area contributed by atoms with Crippen LogP contribution in [0.1, 0.15) is 29.8 Å². The first kappa shape index (κ1) is 21.4. The quantitative estimate of drug-likeness (QED) is 0.468. The molecular weight excluding hydrogens is 410 g/mol. The van der Waals surface area contributed by atoms with E-state index in [0.29, 0.717) is 11.1 Å². The molecule has 2 heterocycles. The molecule has 3 aromatic rings. The maximum atomic E-state index is 12.3. The van der Waals surface area contributed by atoms with Crippen molar-refractivity contribution >= 4 is 40.1 Å². The molecular formula is C23H25N5O4. The van der Waals surface area contributed by atoms with Gasteiger partial charge in [0.05, 0.1) is 11.9 Å². The molecule has 0 aliphatic carbocycles. The lowest BCUT2D eigenvalue weighted by atomic mass is 10.2. The number of benzene rings is 2. The van der Waals surface area contributed by atoms with Crippen LogP contribution in [-0.2, 0) is 14.3 Å². The molecule has 2 amide bonds. The van der Waals surface area contributed by atoms with E-state index in [9.17, 15) is 14.4 Å². The first-order valence-corrected chi connectivity index (χ1v) is 10.6. The lowest BCUT2D eigenvalue weighted by Crippen LogP contribution is -2.28. The van der Waals surface area contributed by atoms with Gasteiger partial charge in [0, 0.05) is 36.4 Å². The number of amides is 2. The molecule has 0 saturated carbocycles. The fraction of sp³-hybridized carbons (Fsp3) is 0.304. The largest absolute Gasteiger partial charge is 0.456 e. The standard InChI is InChI=1S/C23H25N5O4/c29-20(25-16-7-9-17(10-8-16)28-13-3-4-14-28)15-32-21(30)11-12-24-23(31)22-18-5-1-2-6-19(18)26-27-22/h1-2,5-10H,3-4,11-15H2,(H,24,31)(H,25,29)(H,26,27). The second-order valence-corrected chi connectivity index (χ2v) is 7.57. The molecule has 4 rings (SSSR count). The Balaban J connectivity index is 1.16.